The van der Waals surface area contributed by atoms with Crippen LogP contribution < -0.4 is 10.3 Å². The number of benzene rings is 1. The molecule has 1 aromatic carbocycles. The van der Waals surface area contributed by atoms with E-state index in [2.05, 4.69) is 13.8 Å². The van der Waals surface area contributed by atoms with Gasteiger partial charge in [-0.05, 0) is 41.8 Å². The fourth-order valence-corrected chi connectivity index (χ4v) is 2.27. The van der Waals surface area contributed by atoms with E-state index >= 15 is 0 Å². The zero-order valence-electron chi connectivity index (χ0n) is 12.6. The normalized spacial score (nSPS) is 10.9. The molecule has 4 heteroatoms. The number of hydrogen-bond acceptors (Lipinski definition) is 2. The van der Waals surface area contributed by atoms with Crippen LogP contribution in [0.5, 0.6) is 5.75 Å². The average molecular weight is 306 g/mol. The van der Waals surface area contributed by atoms with Gasteiger partial charge in [-0.3, -0.25) is 4.79 Å². The molecular weight excluding hydrogens is 286 g/mol. The molecular formula is C17H20ClNO2. The van der Waals surface area contributed by atoms with Crippen molar-refractivity contribution >= 4 is 11.6 Å². The van der Waals surface area contributed by atoms with E-state index in [1.807, 2.05) is 30.3 Å². The molecule has 0 N–H and O–H groups in total. The number of alkyl halides is 1. The van der Waals surface area contributed by atoms with E-state index in [1.165, 1.54) is 0 Å². The molecule has 0 saturated carbocycles. The number of aromatic nitrogens is 1. The minimum atomic E-state index is -0.0531. The zero-order chi connectivity index (χ0) is 15.4. The number of halogens is 1. The van der Waals surface area contributed by atoms with Crippen molar-refractivity contribution in [3.63, 3.8) is 0 Å². The van der Waals surface area contributed by atoms with Crippen LogP contribution in [0.4, 0.5) is 0 Å². The third kappa shape index (κ3) is 3.67. The Morgan fingerprint density at radius 3 is 2.38 bits per heavy atom. The topological polar surface area (TPSA) is 31.2 Å². The molecule has 1 heterocycles. The van der Waals surface area contributed by atoms with Gasteiger partial charge in [-0.2, -0.15) is 0 Å². The predicted octanol–water partition coefficient (Wildman–Crippen LogP) is 3.83. The Morgan fingerprint density at radius 1 is 1.14 bits per heavy atom. The summed E-state index contributed by atoms with van der Waals surface area (Å²) < 4.78 is 7.29. The van der Waals surface area contributed by atoms with E-state index in [1.54, 1.807) is 17.7 Å². The largest absolute Gasteiger partial charge is 0.493 e. The lowest BCUT2D eigenvalue weighted by atomic mass is 10.1. The third-order valence-corrected chi connectivity index (χ3v) is 3.55. The second kappa shape index (κ2) is 6.81. The standard InChI is InChI=1S/C17H20ClNO2/c1-12(2)11-21-15-7-4-13(5-8-15)16-9-6-14(10-18)17(20)19(16)3/h4-9,12H,10-11H2,1-3H3. The van der Waals surface area contributed by atoms with Crippen molar-refractivity contribution in [2.75, 3.05) is 6.61 Å². The first kappa shape index (κ1) is 15.6. The highest BCUT2D eigenvalue weighted by atomic mass is 35.5. The summed E-state index contributed by atoms with van der Waals surface area (Å²) in [6.45, 7) is 4.92. The smallest absolute Gasteiger partial charge is 0.255 e. The van der Waals surface area contributed by atoms with Gasteiger partial charge in [0.1, 0.15) is 5.75 Å². The summed E-state index contributed by atoms with van der Waals surface area (Å²) in [5.74, 6) is 1.57. The molecule has 0 unspecified atom stereocenters. The highest BCUT2D eigenvalue weighted by Crippen LogP contribution is 2.22. The second-order valence-corrected chi connectivity index (χ2v) is 5.74. The summed E-state index contributed by atoms with van der Waals surface area (Å²) in [4.78, 5) is 12.1. The van der Waals surface area contributed by atoms with Gasteiger partial charge in [0, 0.05) is 12.6 Å². The third-order valence-electron chi connectivity index (χ3n) is 3.26. The number of hydrogen-bond donors (Lipinski definition) is 0. The molecule has 0 amide bonds. The van der Waals surface area contributed by atoms with E-state index in [4.69, 9.17) is 16.3 Å². The summed E-state index contributed by atoms with van der Waals surface area (Å²) in [5.41, 5.74) is 2.40. The predicted molar refractivity (Wildman–Crippen MR) is 87.0 cm³/mol. The molecule has 0 bridgehead atoms. The van der Waals surface area contributed by atoms with Gasteiger partial charge in [0.25, 0.3) is 5.56 Å². The van der Waals surface area contributed by atoms with Crippen LogP contribution in [0, 0.1) is 5.92 Å². The van der Waals surface area contributed by atoms with Gasteiger partial charge in [-0.1, -0.05) is 19.9 Å². The first-order valence-electron chi connectivity index (χ1n) is 7.01. The Hall–Kier alpha value is -1.74. The van der Waals surface area contributed by atoms with Crippen molar-refractivity contribution in [1.82, 2.24) is 4.57 Å². The van der Waals surface area contributed by atoms with Crippen LogP contribution >= 0.6 is 11.6 Å². The maximum absolute atomic E-state index is 12.1. The first-order chi connectivity index (χ1) is 10.0. The Morgan fingerprint density at radius 2 is 1.81 bits per heavy atom. The summed E-state index contributed by atoms with van der Waals surface area (Å²) in [6, 6.07) is 11.5. The fourth-order valence-electron chi connectivity index (χ4n) is 2.06. The van der Waals surface area contributed by atoms with E-state index < -0.39 is 0 Å². The maximum atomic E-state index is 12.1. The van der Waals surface area contributed by atoms with Crippen molar-refractivity contribution in [1.29, 1.82) is 0 Å². The highest BCUT2D eigenvalue weighted by molar-refractivity contribution is 6.17. The molecule has 112 valence electrons. The maximum Gasteiger partial charge on any atom is 0.255 e. The molecule has 3 nitrogen and oxygen atoms in total. The molecule has 0 aliphatic rings. The van der Waals surface area contributed by atoms with Gasteiger partial charge in [-0.15, -0.1) is 11.6 Å². The minimum Gasteiger partial charge on any atom is -0.493 e. The molecule has 1 aromatic heterocycles. The average Bonchev–Trinajstić information content (AvgIpc) is 2.48. The van der Waals surface area contributed by atoms with E-state index in [9.17, 15) is 4.79 Å². The lowest BCUT2D eigenvalue weighted by molar-refractivity contribution is 0.271. The van der Waals surface area contributed by atoms with Crippen molar-refractivity contribution in [3.05, 3.63) is 52.3 Å². The van der Waals surface area contributed by atoms with E-state index in [0.29, 0.717) is 18.1 Å². The minimum absolute atomic E-state index is 0.0531. The molecule has 0 aliphatic carbocycles. The summed E-state index contributed by atoms with van der Waals surface area (Å²) in [6.07, 6.45) is 0. The molecule has 0 radical (unpaired) electrons. The van der Waals surface area contributed by atoms with Gasteiger partial charge >= 0.3 is 0 Å². The van der Waals surface area contributed by atoms with Crippen LogP contribution in [0.25, 0.3) is 11.3 Å². The van der Waals surface area contributed by atoms with Crippen LogP contribution in [0.15, 0.2) is 41.2 Å². The van der Waals surface area contributed by atoms with Crippen LogP contribution in [0.3, 0.4) is 0 Å². The lowest BCUT2D eigenvalue weighted by Crippen LogP contribution is -2.21. The van der Waals surface area contributed by atoms with Crippen LogP contribution in [-0.4, -0.2) is 11.2 Å². The number of ether oxygens (including phenoxy) is 1. The first-order valence-corrected chi connectivity index (χ1v) is 7.54. The van der Waals surface area contributed by atoms with Gasteiger partial charge in [-0.25, -0.2) is 0 Å². The lowest BCUT2D eigenvalue weighted by Gasteiger charge is -2.12. The Balaban J connectivity index is 2.27. The highest BCUT2D eigenvalue weighted by Gasteiger charge is 2.07. The molecule has 0 spiro atoms. The van der Waals surface area contributed by atoms with Crippen molar-refractivity contribution < 1.29 is 4.74 Å². The number of nitrogens with zero attached hydrogens (tertiary/aromatic N) is 1. The van der Waals surface area contributed by atoms with Gasteiger partial charge in [0.05, 0.1) is 18.2 Å². The molecule has 2 aromatic rings. The van der Waals surface area contributed by atoms with Crippen LogP contribution in [-0.2, 0) is 12.9 Å². The molecule has 0 aliphatic heterocycles. The monoisotopic (exact) mass is 305 g/mol. The Kier molecular flexibility index (Phi) is 5.07. The number of pyridine rings is 1. The van der Waals surface area contributed by atoms with Gasteiger partial charge in [0.2, 0.25) is 0 Å². The van der Waals surface area contributed by atoms with Crippen LogP contribution in [0.2, 0.25) is 0 Å². The second-order valence-electron chi connectivity index (χ2n) is 5.47. The van der Waals surface area contributed by atoms with Crippen molar-refractivity contribution in [2.24, 2.45) is 13.0 Å². The number of rotatable bonds is 5. The molecule has 0 fully saturated rings. The summed E-state index contributed by atoms with van der Waals surface area (Å²) in [7, 11) is 1.76. The van der Waals surface area contributed by atoms with E-state index in [0.717, 1.165) is 17.0 Å². The van der Waals surface area contributed by atoms with Crippen molar-refractivity contribution in [3.8, 4) is 17.0 Å². The van der Waals surface area contributed by atoms with Gasteiger partial charge < -0.3 is 9.30 Å². The molecule has 0 saturated heterocycles. The van der Waals surface area contributed by atoms with Gasteiger partial charge in [0.15, 0.2) is 0 Å². The SMILES string of the molecule is CC(C)COc1ccc(-c2ccc(CCl)c(=O)n2C)cc1. The summed E-state index contributed by atoms with van der Waals surface area (Å²) >= 11 is 5.75. The molecule has 2 rings (SSSR count). The fraction of sp³-hybridized carbons (Fsp3) is 0.353. The quantitative estimate of drug-likeness (QED) is 0.786. The molecule has 21 heavy (non-hydrogen) atoms. The summed E-state index contributed by atoms with van der Waals surface area (Å²) in [5, 5.41) is 0. The van der Waals surface area contributed by atoms with Crippen LogP contribution in [0.1, 0.15) is 19.4 Å². The molecule has 0 atom stereocenters. The Labute approximate surface area is 130 Å². The van der Waals surface area contributed by atoms with Crippen molar-refractivity contribution in [2.45, 2.75) is 19.7 Å². The zero-order valence-corrected chi connectivity index (χ0v) is 13.4. The Bertz CT molecular complexity index is 659. The van der Waals surface area contributed by atoms with E-state index in [-0.39, 0.29) is 11.4 Å².